The number of hydrogen-bond donors (Lipinski definition) is 2. The van der Waals surface area contributed by atoms with Crippen molar-refractivity contribution in [3.8, 4) is 17.2 Å². The van der Waals surface area contributed by atoms with Crippen molar-refractivity contribution in [3.05, 3.63) is 28.6 Å². The van der Waals surface area contributed by atoms with Gasteiger partial charge in [-0.3, -0.25) is 4.79 Å². The number of rotatable bonds is 1. The Balaban J connectivity index is 2.81. The number of aromatic hydroxyl groups is 2. The number of esters is 1. The van der Waals surface area contributed by atoms with Gasteiger partial charge in [0.1, 0.15) is 5.75 Å². The molecular formula is C11H8O6. The number of carbonyl (C=O) groups is 1. The summed E-state index contributed by atoms with van der Waals surface area (Å²) in [7, 11) is 0. The van der Waals surface area contributed by atoms with Crippen LogP contribution in [0.4, 0.5) is 0 Å². The molecule has 0 aliphatic rings. The van der Waals surface area contributed by atoms with E-state index in [1.807, 2.05) is 0 Å². The summed E-state index contributed by atoms with van der Waals surface area (Å²) in [6.07, 6.45) is 0. The molecule has 2 N–H and O–H groups in total. The van der Waals surface area contributed by atoms with E-state index in [2.05, 4.69) is 0 Å². The van der Waals surface area contributed by atoms with Gasteiger partial charge in [-0.2, -0.15) is 0 Å². The van der Waals surface area contributed by atoms with Crippen molar-refractivity contribution in [3.63, 3.8) is 0 Å². The minimum Gasteiger partial charge on any atom is -0.504 e. The molecule has 0 unspecified atom stereocenters. The van der Waals surface area contributed by atoms with Gasteiger partial charge in [-0.25, -0.2) is 4.79 Å². The number of phenols is 2. The van der Waals surface area contributed by atoms with Crippen LogP contribution in [-0.2, 0) is 4.79 Å². The van der Waals surface area contributed by atoms with Crippen molar-refractivity contribution in [1.29, 1.82) is 0 Å². The van der Waals surface area contributed by atoms with Crippen molar-refractivity contribution in [2.24, 2.45) is 0 Å². The fourth-order valence-corrected chi connectivity index (χ4v) is 1.41. The first kappa shape index (κ1) is 11.0. The molecule has 0 radical (unpaired) electrons. The molecule has 0 saturated carbocycles. The Bertz CT molecular complexity index is 655. The summed E-state index contributed by atoms with van der Waals surface area (Å²) in [4.78, 5) is 22.1. The van der Waals surface area contributed by atoms with Crippen LogP contribution in [-0.4, -0.2) is 16.2 Å². The van der Waals surface area contributed by atoms with Gasteiger partial charge in [-0.05, 0) is 12.1 Å². The predicted molar refractivity (Wildman–Crippen MR) is 57.1 cm³/mol. The maximum absolute atomic E-state index is 11.2. The molecule has 0 aliphatic heterocycles. The molecule has 0 atom stereocenters. The second-order valence-electron chi connectivity index (χ2n) is 3.33. The van der Waals surface area contributed by atoms with Crippen molar-refractivity contribution in [1.82, 2.24) is 0 Å². The Hall–Kier alpha value is -2.50. The normalized spacial score (nSPS) is 10.4. The van der Waals surface area contributed by atoms with Crippen LogP contribution in [0.3, 0.4) is 0 Å². The molecule has 1 aromatic heterocycles. The molecule has 0 aliphatic carbocycles. The van der Waals surface area contributed by atoms with Gasteiger partial charge in [0.15, 0.2) is 11.3 Å². The Morgan fingerprint density at radius 2 is 2.06 bits per heavy atom. The van der Waals surface area contributed by atoms with E-state index < -0.39 is 23.1 Å². The zero-order valence-electron chi connectivity index (χ0n) is 8.76. The third-order valence-electron chi connectivity index (χ3n) is 2.08. The lowest BCUT2D eigenvalue weighted by atomic mass is 10.2. The highest BCUT2D eigenvalue weighted by molar-refractivity contribution is 5.91. The fraction of sp³-hybridized carbons (Fsp3) is 0.0909. The lowest BCUT2D eigenvalue weighted by Crippen LogP contribution is -2.06. The van der Waals surface area contributed by atoms with E-state index in [0.717, 1.165) is 6.07 Å². The second-order valence-corrected chi connectivity index (χ2v) is 3.33. The Morgan fingerprint density at radius 3 is 2.71 bits per heavy atom. The Morgan fingerprint density at radius 1 is 1.35 bits per heavy atom. The molecule has 1 heterocycles. The lowest BCUT2D eigenvalue weighted by molar-refractivity contribution is -0.131. The van der Waals surface area contributed by atoms with Crippen LogP contribution in [0.5, 0.6) is 17.2 Å². The molecule has 2 rings (SSSR count). The average molecular weight is 236 g/mol. The quantitative estimate of drug-likeness (QED) is 0.437. The van der Waals surface area contributed by atoms with Crippen molar-refractivity contribution < 1.29 is 24.2 Å². The van der Waals surface area contributed by atoms with Crippen LogP contribution in [0.15, 0.2) is 27.4 Å². The second kappa shape index (κ2) is 3.82. The van der Waals surface area contributed by atoms with Crippen molar-refractivity contribution in [2.45, 2.75) is 6.92 Å². The highest BCUT2D eigenvalue weighted by atomic mass is 16.5. The minimum atomic E-state index is -0.797. The molecule has 0 fully saturated rings. The van der Waals surface area contributed by atoms with Gasteiger partial charge < -0.3 is 19.4 Å². The SMILES string of the molecule is CC(=O)Oc1cc(=O)oc2c(O)c(O)ccc12. The summed E-state index contributed by atoms with van der Waals surface area (Å²) in [5, 5.41) is 19.0. The number of ether oxygens (including phenoxy) is 1. The van der Waals surface area contributed by atoms with Crippen molar-refractivity contribution in [2.75, 3.05) is 0 Å². The van der Waals surface area contributed by atoms with E-state index in [1.54, 1.807) is 0 Å². The molecule has 0 saturated heterocycles. The molecule has 88 valence electrons. The van der Waals surface area contributed by atoms with E-state index in [-0.39, 0.29) is 16.7 Å². The first-order chi connectivity index (χ1) is 7.99. The van der Waals surface area contributed by atoms with Crippen LogP contribution in [0.1, 0.15) is 6.92 Å². The molecule has 6 nitrogen and oxygen atoms in total. The third kappa shape index (κ3) is 1.92. The molecule has 0 bridgehead atoms. The number of phenolic OH excluding ortho intramolecular Hbond substituents is 2. The monoisotopic (exact) mass is 236 g/mol. The highest BCUT2D eigenvalue weighted by Crippen LogP contribution is 2.36. The first-order valence-corrected chi connectivity index (χ1v) is 4.66. The van der Waals surface area contributed by atoms with Crippen LogP contribution < -0.4 is 10.4 Å². The summed E-state index contributed by atoms with van der Waals surface area (Å²) >= 11 is 0. The van der Waals surface area contributed by atoms with Gasteiger partial charge in [0.05, 0.1) is 11.5 Å². The number of hydrogen-bond acceptors (Lipinski definition) is 6. The minimum absolute atomic E-state index is 0.0287. The average Bonchev–Trinajstić information content (AvgIpc) is 2.23. The largest absolute Gasteiger partial charge is 0.504 e. The van der Waals surface area contributed by atoms with Gasteiger partial charge in [0.25, 0.3) is 0 Å². The topological polar surface area (TPSA) is 97.0 Å². The van der Waals surface area contributed by atoms with E-state index in [0.29, 0.717) is 0 Å². The molecule has 1 aromatic carbocycles. The highest BCUT2D eigenvalue weighted by Gasteiger charge is 2.14. The predicted octanol–water partition coefficient (Wildman–Crippen LogP) is 1.13. The van der Waals surface area contributed by atoms with E-state index in [9.17, 15) is 19.8 Å². The maximum Gasteiger partial charge on any atom is 0.340 e. The van der Waals surface area contributed by atoms with E-state index >= 15 is 0 Å². The molecule has 2 aromatic rings. The molecule has 6 heteroatoms. The fourth-order valence-electron chi connectivity index (χ4n) is 1.41. The summed E-state index contributed by atoms with van der Waals surface area (Å²) in [5.74, 6) is -1.64. The number of carbonyl (C=O) groups excluding carboxylic acids is 1. The van der Waals surface area contributed by atoms with E-state index in [4.69, 9.17) is 9.15 Å². The zero-order valence-corrected chi connectivity index (χ0v) is 8.76. The molecular weight excluding hydrogens is 228 g/mol. The van der Waals surface area contributed by atoms with Crippen LogP contribution in [0.25, 0.3) is 11.0 Å². The standard InChI is InChI=1S/C11H8O6/c1-5(12)16-8-4-9(14)17-11-6(8)2-3-7(13)10(11)15/h2-4,13,15H,1H3. The van der Waals surface area contributed by atoms with Gasteiger partial charge in [-0.15, -0.1) is 0 Å². The van der Waals surface area contributed by atoms with Crippen LogP contribution >= 0.6 is 0 Å². The number of fused-ring (bicyclic) bond motifs is 1. The maximum atomic E-state index is 11.2. The summed E-state index contributed by atoms with van der Waals surface area (Å²) in [5.41, 5.74) is -1.02. The molecule has 0 spiro atoms. The number of benzene rings is 1. The first-order valence-electron chi connectivity index (χ1n) is 4.66. The summed E-state index contributed by atoms with van der Waals surface area (Å²) in [6, 6.07) is 3.55. The lowest BCUT2D eigenvalue weighted by Gasteiger charge is -2.06. The van der Waals surface area contributed by atoms with Crippen molar-refractivity contribution >= 4 is 16.9 Å². The molecule has 17 heavy (non-hydrogen) atoms. The zero-order chi connectivity index (χ0) is 12.6. The van der Waals surface area contributed by atoms with Gasteiger partial charge in [0, 0.05) is 6.92 Å². The smallest absolute Gasteiger partial charge is 0.340 e. The summed E-state index contributed by atoms with van der Waals surface area (Å²) < 4.78 is 9.55. The summed E-state index contributed by atoms with van der Waals surface area (Å²) in [6.45, 7) is 1.18. The molecule has 0 amide bonds. The Labute approximate surface area is 94.7 Å². The van der Waals surface area contributed by atoms with Gasteiger partial charge >= 0.3 is 11.6 Å². The Kier molecular flexibility index (Phi) is 2.47. The van der Waals surface area contributed by atoms with E-state index in [1.165, 1.54) is 19.1 Å². The van der Waals surface area contributed by atoms with Crippen LogP contribution in [0, 0.1) is 0 Å². The van der Waals surface area contributed by atoms with Gasteiger partial charge in [0.2, 0.25) is 5.75 Å². The van der Waals surface area contributed by atoms with Crippen LogP contribution in [0.2, 0.25) is 0 Å². The third-order valence-corrected chi connectivity index (χ3v) is 2.08. The van der Waals surface area contributed by atoms with Gasteiger partial charge in [-0.1, -0.05) is 0 Å².